The number of aliphatic hydroxyl groups excluding tert-OH is 1. The van der Waals surface area contributed by atoms with E-state index in [4.69, 9.17) is 0 Å². The van der Waals surface area contributed by atoms with E-state index in [9.17, 15) is 14.7 Å². The van der Waals surface area contributed by atoms with Crippen LogP contribution in [0.1, 0.15) is 52.8 Å². The highest BCUT2D eigenvalue weighted by molar-refractivity contribution is 6.05. The van der Waals surface area contributed by atoms with Crippen LogP contribution in [0.15, 0.2) is 54.7 Å². The molecule has 0 bridgehead atoms. The molecule has 1 atom stereocenters. The van der Waals surface area contributed by atoms with E-state index in [1.165, 1.54) is 0 Å². The second-order valence-electron chi connectivity index (χ2n) is 9.16. The summed E-state index contributed by atoms with van der Waals surface area (Å²) in [4.78, 5) is 36.8. The van der Waals surface area contributed by atoms with Gasteiger partial charge in [-0.1, -0.05) is 30.3 Å². The molecule has 2 fully saturated rings. The number of nitrogens with zero attached hydrogens (tertiary/aromatic N) is 3. The lowest BCUT2D eigenvalue weighted by Gasteiger charge is -2.26. The van der Waals surface area contributed by atoms with E-state index in [-0.39, 0.29) is 30.0 Å². The predicted octanol–water partition coefficient (Wildman–Crippen LogP) is 2.99. The van der Waals surface area contributed by atoms with Crippen LogP contribution in [0.2, 0.25) is 0 Å². The summed E-state index contributed by atoms with van der Waals surface area (Å²) in [5, 5.41) is 17.0. The molecule has 1 saturated heterocycles. The van der Waals surface area contributed by atoms with Gasteiger partial charge in [0.05, 0.1) is 17.2 Å². The largest absolute Gasteiger partial charge is 0.393 e. The SMILES string of the molecule is O=C(NC1CCN(C(=O)c2ccccc2)C1)c1cccc2cnc(N[C@H]3CC[C@H](O)CC3)nc12. The van der Waals surface area contributed by atoms with E-state index in [0.717, 1.165) is 31.1 Å². The van der Waals surface area contributed by atoms with E-state index in [1.807, 2.05) is 42.5 Å². The van der Waals surface area contributed by atoms with Crippen LogP contribution in [-0.2, 0) is 0 Å². The highest BCUT2D eigenvalue weighted by Gasteiger charge is 2.28. The lowest BCUT2D eigenvalue weighted by molar-refractivity contribution is 0.0783. The lowest BCUT2D eigenvalue weighted by Crippen LogP contribution is -2.38. The maximum absolute atomic E-state index is 13.2. The van der Waals surface area contributed by atoms with Crippen LogP contribution in [0.4, 0.5) is 5.95 Å². The molecule has 176 valence electrons. The summed E-state index contributed by atoms with van der Waals surface area (Å²) in [5.41, 5.74) is 1.76. The van der Waals surface area contributed by atoms with Crippen LogP contribution in [0.5, 0.6) is 0 Å². The fraction of sp³-hybridized carbons (Fsp3) is 0.385. The summed E-state index contributed by atoms with van der Waals surface area (Å²) in [6.07, 6.45) is 5.49. The summed E-state index contributed by atoms with van der Waals surface area (Å²) >= 11 is 0. The van der Waals surface area contributed by atoms with Crippen molar-refractivity contribution < 1.29 is 14.7 Å². The van der Waals surface area contributed by atoms with Gasteiger partial charge in [0.15, 0.2) is 0 Å². The van der Waals surface area contributed by atoms with E-state index >= 15 is 0 Å². The fourth-order valence-corrected chi connectivity index (χ4v) is 4.80. The summed E-state index contributed by atoms with van der Waals surface area (Å²) < 4.78 is 0. The average Bonchev–Trinajstić information content (AvgIpc) is 3.33. The van der Waals surface area contributed by atoms with Crippen LogP contribution in [-0.4, -0.2) is 63.1 Å². The van der Waals surface area contributed by atoms with E-state index < -0.39 is 0 Å². The molecular weight excluding hydrogens is 430 g/mol. The first kappa shape index (κ1) is 22.3. The first-order valence-corrected chi connectivity index (χ1v) is 11.9. The summed E-state index contributed by atoms with van der Waals surface area (Å²) in [5.74, 6) is 0.283. The van der Waals surface area contributed by atoms with Crippen molar-refractivity contribution in [2.24, 2.45) is 0 Å². The minimum atomic E-state index is -0.222. The molecule has 3 aromatic rings. The Balaban J connectivity index is 1.27. The molecule has 1 aliphatic heterocycles. The Bertz CT molecular complexity index is 1180. The number of rotatable bonds is 5. The zero-order valence-electron chi connectivity index (χ0n) is 19.0. The van der Waals surface area contributed by atoms with Crippen molar-refractivity contribution in [3.05, 3.63) is 65.9 Å². The highest BCUT2D eigenvalue weighted by Crippen LogP contribution is 2.23. The van der Waals surface area contributed by atoms with Gasteiger partial charge in [-0.3, -0.25) is 9.59 Å². The molecule has 8 heteroatoms. The molecule has 1 aliphatic carbocycles. The molecule has 3 N–H and O–H groups in total. The van der Waals surface area contributed by atoms with Gasteiger partial charge in [0.25, 0.3) is 11.8 Å². The number of benzene rings is 2. The molecule has 2 aliphatic rings. The molecule has 1 unspecified atom stereocenters. The van der Waals surface area contributed by atoms with Crippen LogP contribution in [0.3, 0.4) is 0 Å². The van der Waals surface area contributed by atoms with Crippen molar-refractivity contribution in [2.45, 2.75) is 50.3 Å². The average molecular weight is 460 g/mol. The minimum absolute atomic E-state index is 0.0128. The monoisotopic (exact) mass is 459 g/mol. The second kappa shape index (κ2) is 9.77. The lowest BCUT2D eigenvalue weighted by atomic mass is 9.93. The van der Waals surface area contributed by atoms with Crippen LogP contribution >= 0.6 is 0 Å². The number of hydrogen-bond acceptors (Lipinski definition) is 6. The Morgan fingerprint density at radius 1 is 0.941 bits per heavy atom. The maximum atomic E-state index is 13.2. The molecule has 34 heavy (non-hydrogen) atoms. The minimum Gasteiger partial charge on any atom is -0.393 e. The zero-order chi connectivity index (χ0) is 23.5. The van der Waals surface area contributed by atoms with Crippen LogP contribution in [0.25, 0.3) is 10.9 Å². The van der Waals surface area contributed by atoms with Gasteiger partial charge < -0.3 is 20.6 Å². The summed E-state index contributed by atoms with van der Waals surface area (Å²) in [6, 6.07) is 14.8. The molecule has 1 aromatic heterocycles. The van der Waals surface area contributed by atoms with E-state index in [1.54, 1.807) is 17.2 Å². The number of nitrogens with one attached hydrogen (secondary N) is 2. The van der Waals surface area contributed by atoms with E-state index in [2.05, 4.69) is 20.6 Å². The number of amides is 2. The molecule has 0 radical (unpaired) electrons. The Kier molecular flexibility index (Phi) is 6.40. The number of anilines is 1. The molecule has 2 aromatic carbocycles. The highest BCUT2D eigenvalue weighted by atomic mass is 16.3. The Labute approximate surface area is 198 Å². The number of likely N-dealkylation sites (tertiary alicyclic amines) is 1. The van der Waals surface area contributed by atoms with Crippen molar-refractivity contribution in [3.63, 3.8) is 0 Å². The Morgan fingerprint density at radius 3 is 2.53 bits per heavy atom. The smallest absolute Gasteiger partial charge is 0.253 e. The third kappa shape index (κ3) is 4.87. The standard InChI is InChI=1S/C26H29N5O3/c32-21-11-9-19(10-12-21)29-26-27-15-18-7-4-8-22(23(18)30-26)24(33)28-20-13-14-31(16-20)25(34)17-5-2-1-3-6-17/h1-8,15,19-21,32H,9-14,16H2,(H,28,33)(H,27,29,30)/t19-,20?,21-. The van der Waals surface area contributed by atoms with Gasteiger partial charge in [-0.15, -0.1) is 0 Å². The van der Waals surface area contributed by atoms with Gasteiger partial charge in [0.2, 0.25) is 5.95 Å². The first-order valence-electron chi connectivity index (χ1n) is 11.9. The Hall–Kier alpha value is -3.52. The summed E-state index contributed by atoms with van der Waals surface area (Å²) in [7, 11) is 0. The van der Waals surface area contributed by atoms with Crippen molar-refractivity contribution in [1.82, 2.24) is 20.2 Å². The van der Waals surface area contributed by atoms with Gasteiger partial charge in [0.1, 0.15) is 0 Å². The van der Waals surface area contributed by atoms with E-state index in [0.29, 0.717) is 42.1 Å². The number of para-hydroxylation sites is 1. The fourth-order valence-electron chi connectivity index (χ4n) is 4.80. The topological polar surface area (TPSA) is 107 Å². The summed E-state index contributed by atoms with van der Waals surface area (Å²) in [6.45, 7) is 1.10. The molecule has 5 rings (SSSR count). The quantitative estimate of drug-likeness (QED) is 0.542. The van der Waals surface area contributed by atoms with Crippen molar-refractivity contribution in [2.75, 3.05) is 18.4 Å². The van der Waals surface area contributed by atoms with Crippen molar-refractivity contribution >= 4 is 28.7 Å². The predicted molar refractivity (Wildman–Crippen MR) is 130 cm³/mol. The number of carbonyl (C=O) groups is 2. The van der Waals surface area contributed by atoms with Crippen LogP contribution in [0, 0.1) is 0 Å². The molecular formula is C26H29N5O3. The Morgan fingerprint density at radius 2 is 1.74 bits per heavy atom. The maximum Gasteiger partial charge on any atom is 0.253 e. The van der Waals surface area contributed by atoms with Gasteiger partial charge >= 0.3 is 0 Å². The second-order valence-corrected chi connectivity index (χ2v) is 9.16. The third-order valence-electron chi connectivity index (χ3n) is 6.72. The zero-order valence-corrected chi connectivity index (χ0v) is 19.0. The van der Waals surface area contributed by atoms with Gasteiger partial charge in [0, 0.05) is 42.3 Å². The molecule has 0 spiro atoms. The number of aromatic nitrogens is 2. The third-order valence-corrected chi connectivity index (χ3v) is 6.72. The van der Waals surface area contributed by atoms with Crippen LogP contribution < -0.4 is 10.6 Å². The van der Waals surface area contributed by atoms with Crippen molar-refractivity contribution in [1.29, 1.82) is 0 Å². The molecule has 1 saturated carbocycles. The molecule has 2 heterocycles. The van der Waals surface area contributed by atoms with Gasteiger partial charge in [-0.05, 0) is 50.3 Å². The first-order chi connectivity index (χ1) is 16.6. The normalized spacial score (nSPS) is 22.5. The van der Waals surface area contributed by atoms with Gasteiger partial charge in [-0.2, -0.15) is 0 Å². The van der Waals surface area contributed by atoms with Gasteiger partial charge in [-0.25, -0.2) is 9.97 Å². The molecule has 8 nitrogen and oxygen atoms in total. The number of fused-ring (bicyclic) bond motifs is 1. The molecule has 2 amide bonds. The number of hydrogen-bond donors (Lipinski definition) is 3. The number of carbonyl (C=O) groups excluding carboxylic acids is 2. The number of aliphatic hydroxyl groups is 1. The van der Waals surface area contributed by atoms with Crippen molar-refractivity contribution in [3.8, 4) is 0 Å².